The summed E-state index contributed by atoms with van der Waals surface area (Å²) in [6.07, 6.45) is 1.59. The zero-order valence-electron chi connectivity index (χ0n) is 15.5. The van der Waals surface area contributed by atoms with E-state index in [-0.39, 0.29) is 30.2 Å². The van der Waals surface area contributed by atoms with Crippen LogP contribution in [0, 0.1) is 5.92 Å². The Morgan fingerprint density at radius 3 is 2.00 bits per heavy atom. The number of piperidine rings is 1. The van der Waals surface area contributed by atoms with E-state index in [9.17, 15) is 14.4 Å². The Balaban J connectivity index is 1.64. The number of carbonyl (C=O) groups is 2. The fraction of sp³-hybridized carbons (Fsp3) is 0.318. The summed E-state index contributed by atoms with van der Waals surface area (Å²) in [4.78, 5) is 38.5. The third-order valence-electron chi connectivity index (χ3n) is 5.60. The topological polar surface area (TPSA) is 79.6 Å². The molecule has 2 heterocycles. The molecule has 1 N–H and O–H groups in total. The van der Waals surface area contributed by atoms with Crippen LogP contribution in [-0.2, 0) is 16.1 Å². The van der Waals surface area contributed by atoms with Crippen LogP contribution in [0.3, 0.4) is 0 Å². The van der Waals surface area contributed by atoms with Gasteiger partial charge >= 0.3 is 5.97 Å². The number of hydrogen-bond acceptors (Lipinski definition) is 3. The summed E-state index contributed by atoms with van der Waals surface area (Å²) < 4.78 is 1.91. The average Bonchev–Trinajstić information content (AvgIpc) is 2.71. The second-order valence-electron chi connectivity index (χ2n) is 7.37. The monoisotopic (exact) mass is 378 g/mol. The predicted octanol–water partition coefficient (Wildman–Crippen LogP) is 2.87. The van der Waals surface area contributed by atoms with Gasteiger partial charge in [0.1, 0.15) is 6.54 Å². The molecule has 28 heavy (non-hydrogen) atoms. The van der Waals surface area contributed by atoms with Crippen molar-refractivity contribution in [1.82, 2.24) is 9.47 Å². The van der Waals surface area contributed by atoms with Gasteiger partial charge in [0.25, 0.3) is 0 Å². The molecule has 0 aliphatic carbocycles. The van der Waals surface area contributed by atoms with Crippen molar-refractivity contribution in [3.8, 4) is 0 Å². The van der Waals surface area contributed by atoms with Gasteiger partial charge in [0, 0.05) is 30.3 Å². The second-order valence-corrected chi connectivity index (χ2v) is 7.37. The molecule has 1 fully saturated rings. The lowest BCUT2D eigenvalue weighted by molar-refractivity contribution is -0.138. The predicted molar refractivity (Wildman–Crippen MR) is 107 cm³/mol. The number of pyridine rings is 1. The molecule has 0 radical (unpaired) electrons. The molecule has 6 nitrogen and oxygen atoms in total. The van der Waals surface area contributed by atoms with E-state index in [1.807, 2.05) is 41.0 Å². The first-order chi connectivity index (χ1) is 13.5. The third-order valence-corrected chi connectivity index (χ3v) is 5.60. The molecule has 0 bridgehead atoms. The van der Waals surface area contributed by atoms with Crippen LogP contribution >= 0.6 is 0 Å². The van der Waals surface area contributed by atoms with Crippen LogP contribution in [0.25, 0.3) is 21.8 Å². The zero-order valence-corrected chi connectivity index (χ0v) is 15.5. The smallest absolute Gasteiger partial charge is 0.303 e. The van der Waals surface area contributed by atoms with Crippen molar-refractivity contribution in [2.45, 2.75) is 25.8 Å². The lowest BCUT2D eigenvalue weighted by Crippen LogP contribution is -2.40. The lowest BCUT2D eigenvalue weighted by Gasteiger charge is -2.32. The van der Waals surface area contributed by atoms with Gasteiger partial charge in [-0.2, -0.15) is 0 Å². The van der Waals surface area contributed by atoms with Crippen LogP contribution in [0.15, 0.2) is 53.3 Å². The van der Waals surface area contributed by atoms with Gasteiger partial charge in [0.2, 0.25) is 5.91 Å². The maximum absolute atomic E-state index is 13.0. The van der Waals surface area contributed by atoms with E-state index in [0.717, 1.165) is 11.0 Å². The zero-order chi connectivity index (χ0) is 19.7. The first kappa shape index (κ1) is 18.2. The highest BCUT2D eigenvalue weighted by molar-refractivity contribution is 5.94. The fourth-order valence-electron chi connectivity index (χ4n) is 4.12. The van der Waals surface area contributed by atoms with Gasteiger partial charge in [-0.15, -0.1) is 0 Å². The van der Waals surface area contributed by atoms with Crippen LogP contribution in [0.5, 0.6) is 0 Å². The number of carbonyl (C=O) groups excluding carboxylic acids is 1. The van der Waals surface area contributed by atoms with E-state index in [2.05, 4.69) is 0 Å². The Morgan fingerprint density at radius 1 is 0.929 bits per heavy atom. The van der Waals surface area contributed by atoms with Crippen molar-refractivity contribution in [1.29, 1.82) is 0 Å². The number of carboxylic acid groups (broad SMARTS) is 1. The van der Waals surface area contributed by atoms with Crippen molar-refractivity contribution in [2.24, 2.45) is 5.92 Å². The van der Waals surface area contributed by atoms with E-state index in [0.29, 0.717) is 36.7 Å². The summed E-state index contributed by atoms with van der Waals surface area (Å²) in [7, 11) is 0. The van der Waals surface area contributed by atoms with E-state index in [4.69, 9.17) is 5.11 Å². The van der Waals surface area contributed by atoms with Crippen LogP contribution in [-0.4, -0.2) is 39.5 Å². The third kappa shape index (κ3) is 3.38. The number of aliphatic carboxylic acids is 1. The minimum absolute atomic E-state index is 0.00673. The van der Waals surface area contributed by atoms with Gasteiger partial charge < -0.3 is 14.6 Å². The first-order valence-corrected chi connectivity index (χ1v) is 9.54. The molecule has 1 saturated heterocycles. The quantitative estimate of drug-likeness (QED) is 0.708. The van der Waals surface area contributed by atoms with Gasteiger partial charge in [-0.25, -0.2) is 0 Å². The molecule has 0 saturated carbocycles. The number of amides is 1. The van der Waals surface area contributed by atoms with E-state index < -0.39 is 5.97 Å². The average molecular weight is 378 g/mol. The number of benzene rings is 2. The van der Waals surface area contributed by atoms with Gasteiger partial charge in [-0.05, 0) is 43.0 Å². The summed E-state index contributed by atoms with van der Waals surface area (Å²) in [5, 5.41) is 10.2. The van der Waals surface area contributed by atoms with Crippen LogP contribution in [0.4, 0.5) is 0 Å². The second kappa shape index (κ2) is 7.46. The molecule has 2 aromatic carbocycles. The van der Waals surface area contributed by atoms with Crippen molar-refractivity contribution in [3.05, 3.63) is 58.8 Å². The number of hydrogen-bond donors (Lipinski definition) is 1. The fourth-order valence-corrected chi connectivity index (χ4v) is 4.12. The van der Waals surface area contributed by atoms with Crippen molar-refractivity contribution >= 4 is 33.7 Å². The van der Waals surface area contributed by atoms with Crippen molar-refractivity contribution in [2.75, 3.05) is 13.1 Å². The van der Waals surface area contributed by atoms with Gasteiger partial charge in [0.15, 0.2) is 5.43 Å². The van der Waals surface area contributed by atoms with E-state index >= 15 is 0 Å². The van der Waals surface area contributed by atoms with Gasteiger partial charge in [0.05, 0.1) is 11.0 Å². The Bertz CT molecular complexity index is 1050. The Hall–Kier alpha value is -3.15. The molecule has 6 heteroatoms. The van der Waals surface area contributed by atoms with Crippen molar-refractivity contribution in [3.63, 3.8) is 0 Å². The molecular formula is C22H22N2O4. The highest BCUT2D eigenvalue weighted by Gasteiger charge is 2.25. The van der Waals surface area contributed by atoms with Gasteiger partial charge in [-0.3, -0.25) is 14.4 Å². The number of rotatable bonds is 4. The van der Waals surface area contributed by atoms with E-state index in [1.165, 1.54) is 0 Å². The molecule has 0 unspecified atom stereocenters. The summed E-state index contributed by atoms with van der Waals surface area (Å²) >= 11 is 0. The highest BCUT2D eigenvalue weighted by Crippen LogP contribution is 2.23. The molecule has 1 aliphatic heterocycles. The summed E-state index contributed by atoms with van der Waals surface area (Å²) in [6, 6.07) is 14.7. The molecule has 0 spiro atoms. The standard InChI is InChI=1S/C22H22N2O4/c25-20(23-11-9-15(10-12-23)13-21(26)27)14-24-18-7-3-1-5-16(18)22(28)17-6-2-4-8-19(17)24/h1-8,15H,9-14H2,(H,26,27). The van der Waals surface area contributed by atoms with E-state index in [1.54, 1.807) is 17.0 Å². The molecule has 144 valence electrons. The number of aromatic nitrogens is 1. The minimum Gasteiger partial charge on any atom is -0.481 e. The molecule has 0 atom stereocenters. The number of para-hydroxylation sites is 2. The molecule has 1 aliphatic rings. The number of nitrogens with zero attached hydrogens (tertiary/aromatic N) is 2. The number of likely N-dealkylation sites (tertiary alicyclic amines) is 1. The van der Waals surface area contributed by atoms with Crippen LogP contribution in [0.1, 0.15) is 19.3 Å². The number of carboxylic acids is 1. The van der Waals surface area contributed by atoms with Gasteiger partial charge in [-0.1, -0.05) is 24.3 Å². The molecule has 4 rings (SSSR count). The van der Waals surface area contributed by atoms with Crippen LogP contribution in [0.2, 0.25) is 0 Å². The summed E-state index contributed by atoms with van der Waals surface area (Å²) in [5.41, 5.74) is 1.48. The number of fused-ring (bicyclic) bond motifs is 2. The molecular weight excluding hydrogens is 356 g/mol. The SMILES string of the molecule is O=C(O)CC1CCN(C(=O)Cn2c3ccccc3c(=O)c3ccccc32)CC1. The maximum Gasteiger partial charge on any atom is 0.303 e. The largest absolute Gasteiger partial charge is 0.481 e. The Kier molecular flexibility index (Phi) is 4.86. The summed E-state index contributed by atoms with van der Waals surface area (Å²) in [6.45, 7) is 1.31. The summed E-state index contributed by atoms with van der Waals surface area (Å²) in [5.74, 6) is -0.653. The Morgan fingerprint density at radius 2 is 1.46 bits per heavy atom. The molecule has 1 amide bonds. The van der Waals surface area contributed by atoms with Crippen LogP contribution < -0.4 is 5.43 Å². The first-order valence-electron chi connectivity index (χ1n) is 9.54. The highest BCUT2D eigenvalue weighted by atomic mass is 16.4. The molecule has 3 aromatic rings. The Labute approximate surface area is 162 Å². The lowest BCUT2D eigenvalue weighted by atomic mass is 9.93. The minimum atomic E-state index is -0.782. The van der Waals surface area contributed by atoms with Crippen molar-refractivity contribution < 1.29 is 14.7 Å². The molecule has 1 aromatic heterocycles. The normalized spacial score (nSPS) is 15.2. The maximum atomic E-state index is 13.0.